The first-order chi connectivity index (χ1) is 14.3. The Hall–Kier alpha value is -3.18. The molecule has 0 aromatic carbocycles. The molecule has 30 heavy (non-hydrogen) atoms. The fraction of sp³-hybridized carbons (Fsp3) is 0.280. The van der Waals surface area contributed by atoms with Crippen LogP contribution < -0.4 is 0 Å². The van der Waals surface area contributed by atoms with Crippen LogP contribution in [0.15, 0.2) is 56.5 Å². The van der Waals surface area contributed by atoms with E-state index >= 15 is 0 Å². The molecule has 4 rings (SSSR count). The van der Waals surface area contributed by atoms with Crippen molar-refractivity contribution in [3.63, 3.8) is 0 Å². The van der Waals surface area contributed by atoms with Crippen LogP contribution in [0, 0.1) is 6.92 Å². The van der Waals surface area contributed by atoms with Crippen LogP contribution >= 0.6 is 0 Å². The summed E-state index contributed by atoms with van der Waals surface area (Å²) < 4.78 is 1.87. The van der Waals surface area contributed by atoms with E-state index in [1.807, 2.05) is 43.0 Å². The maximum atomic E-state index is 4.66. The maximum absolute atomic E-state index is 4.66. The molecule has 0 unspecified atom stereocenters. The first-order valence-electron chi connectivity index (χ1n) is 10.3. The fourth-order valence-electron chi connectivity index (χ4n) is 3.91. The average Bonchev–Trinajstić information content (AvgIpc) is 3.17. The van der Waals surface area contributed by atoms with Gasteiger partial charge in [-0.15, -0.1) is 0 Å². The predicted octanol–water partition coefficient (Wildman–Crippen LogP) is 4.35. The van der Waals surface area contributed by atoms with Crippen LogP contribution in [-0.2, 0) is 0 Å². The molecule has 4 heterocycles. The number of aryl methyl sites for hydroxylation is 1. The molecule has 0 amide bonds. The average molecular weight is 400 g/mol. The van der Waals surface area contributed by atoms with Gasteiger partial charge >= 0.3 is 0 Å². The number of rotatable bonds is 5. The molecule has 0 aliphatic carbocycles. The van der Waals surface area contributed by atoms with E-state index in [2.05, 4.69) is 58.8 Å². The second-order valence-corrected chi connectivity index (χ2v) is 8.16. The van der Waals surface area contributed by atoms with Gasteiger partial charge in [0.2, 0.25) is 0 Å². The van der Waals surface area contributed by atoms with Crippen LogP contribution in [0.4, 0.5) is 0 Å². The monoisotopic (exact) mass is 399 g/mol. The third kappa shape index (κ3) is 3.68. The summed E-state index contributed by atoms with van der Waals surface area (Å²) in [5.74, 6) is 0. The quantitative estimate of drug-likeness (QED) is 0.639. The normalized spacial score (nSPS) is 14.8. The standard InChI is InChI=1S/C25H29N5/c1-17(2)24-16-27-30-8-7-21(14-25(24)30)18(3)23-13-22(15-26-19(23)4)20(5)29-11-9-28(6)10-12-29/h7-8,13-16H,1,3,5,9-12H2,2,4,6H3. The Bertz CT molecular complexity index is 1150. The lowest BCUT2D eigenvalue weighted by Gasteiger charge is -2.35. The van der Waals surface area contributed by atoms with Crippen LogP contribution in [0.1, 0.15) is 34.9 Å². The van der Waals surface area contributed by atoms with Crippen LogP contribution in [0.25, 0.3) is 22.4 Å². The first kappa shape index (κ1) is 20.1. The molecule has 3 aromatic heterocycles. The Kier molecular flexibility index (Phi) is 5.31. The van der Waals surface area contributed by atoms with Gasteiger partial charge in [-0.2, -0.15) is 5.10 Å². The van der Waals surface area contributed by atoms with Crippen molar-refractivity contribution in [1.82, 2.24) is 24.4 Å². The van der Waals surface area contributed by atoms with Crippen LogP contribution in [0.5, 0.6) is 0 Å². The largest absolute Gasteiger partial charge is 0.369 e. The highest BCUT2D eigenvalue weighted by molar-refractivity contribution is 5.84. The van der Waals surface area contributed by atoms with E-state index in [0.29, 0.717) is 0 Å². The molecule has 1 aliphatic rings. The van der Waals surface area contributed by atoms with Gasteiger partial charge in [0, 0.05) is 66.7 Å². The van der Waals surface area contributed by atoms with Gasteiger partial charge in [0.1, 0.15) is 0 Å². The van der Waals surface area contributed by atoms with Gasteiger partial charge in [0.15, 0.2) is 0 Å². The molecular weight excluding hydrogens is 370 g/mol. The van der Waals surface area contributed by atoms with Crippen molar-refractivity contribution in [3.8, 4) is 0 Å². The van der Waals surface area contributed by atoms with E-state index in [4.69, 9.17) is 0 Å². The number of nitrogens with zero attached hydrogens (tertiary/aromatic N) is 5. The third-order valence-electron chi connectivity index (χ3n) is 5.96. The number of allylic oxidation sites excluding steroid dienone is 1. The highest BCUT2D eigenvalue weighted by Crippen LogP contribution is 2.29. The summed E-state index contributed by atoms with van der Waals surface area (Å²) in [6.45, 7) is 20.9. The number of hydrogen-bond acceptors (Lipinski definition) is 4. The van der Waals surface area contributed by atoms with E-state index < -0.39 is 0 Å². The summed E-state index contributed by atoms with van der Waals surface area (Å²) in [6.07, 6.45) is 5.75. The summed E-state index contributed by atoms with van der Waals surface area (Å²) >= 11 is 0. The van der Waals surface area contributed by atoms with Gasteiger partial charge < -0.3 is 9.80 Å². The lowest BCUT2D eigenvalue weighted by molar-refractivity contribution is 0.207. The van der Waals surface area contributed by atoms with E-state index in [9.17, 15) is 0 Å². The zero-order chi connectivity index (χ0) is 21.4. The second-order valence-electron chi connectivity index (χ2n) is 8.16. The molecule has 154 valence electrons. The number of pyridine rings is 2. The number of aromatic nitrogens is 3. The molecule has 0 bridgehead atoms. The fourth-order valence-corrected chi connectivity index (χ4v) is 3.91. The minimum atomic E-state index is 0.949. The Morgan fingerprint density at radius 3 is 2.40 bits per heavy atom. The molecule has 3 aromatic rings. The molecule has 0 spiro atoms. The molecule has 0 atom stereocenters. The van der Waals surface area contributed by atoms with Crippen molar-refractivity contribution in [2.45, 2.75) is 13.8 Å². The number of likely N-dealkylation sites (N-methyl/N-ethyl adjacent to an activating group) is 1. The highest BCUT2D eigenvalue weighted by Gasteiger charge is 2.18. The van der Waals surface area contributed by atoms with Crippen LogP contribution in [0.3, 0.4) is 0 Å². The zero-order valence-electron chi connectivity index (χ0n) is 18.1. The summed E-state index contributed by atoms with van der Waals surface area (Å²) in [5.41, 5.74) is 9.17. The molecular formula is C25H29N5. The van der Waals surface area contributed by atoms with E-state index in [1.54, 1.807) is 0 Å². The highest BCUT2D eigenvalue weighted by atomic mass is 15.2. The van der Waals surface area contributed by atoms with E-state index in [1.165, 1.54) is 0 Å². The second kappa shape index (κ2) is 7.92. The minimum Gasteiger partial charge on any atom is -0.369 e. The molecule has 0 radical (unpaired) electrons. The summed E-state index contributed by atoms with van der Waals surface area (Å²) in [6, 6.07) is 6.35. The van der Waals surface area contributed by atoms with Crippen molar-refractivity contribution in [2.75, 3.05) is 33.2 Å². The van der Waals surface area contributed by atoms with Crippen molar-refractivity contribution in [2.24, 2.45) is 0 Å². The van der Waals surface area contributed by atoms with Crippen molar-refractivity contribution in [3.05, 3.63) is 84.5 Å². The lowest BCUT2D eigenvalue weighted by Crippen LogP contribution is -2.43. The molecule has 0 saturated carbocycles. The Morgan fingerprint density at radius 1 is 0.967 bits per heavy atom. The SMILES string of the molecule is C=C(c1ccn2ncc(C(=C)C)c2c1)c1cc(C(=C)N2CCN(C)CC2)cnc1C. The maximum Gasteiger partial charge on any atom is 0.0742 e. The van der Waals surface area contributed by atoms with Crippen LogP contribution in [0.2, 0.25) is 0 Å². The van der Waals surface area contributed by atoms with Gasteiger partial charge in [0.05, 0.1) is 11.7 Å². The van der Waals surface area contributed by atoms with Gasteiger partial charge in [-0.05, 0) is 55.8 Å². The molecule has 1 saturated heterocycles. The molecule has 5 nitrogen and oxygen atoms in total. The van der Waals surface area contributed by atoms with Gasteiger partial charge in [-0.3, -0.25) is 4.98 Å². The Labute approximate surface area is 178 Å². The Morgan fingerprint density at radius 2 is 1.70 bits per heavy atom. The van der Waals surface area contributed by atoms with Gasteiger partial charge in [-0.25, -0.2) is 4.52 Å². The molecule has 1 aliphatic heterocycles. The summed E-state index contributed by atoms with van der Waals surface area (Å²) in [4.78, 5) is 9.35. The minimum absolute atomic E-state index is 0.949. The van der Waals surface area contributed by atoms with Gasteiger partial charge in [-0.1, -0.05) is 19.7 Å². The molecule has 5 heteroatoms. The van der Waals surface area contributed by atoms with E-state index in [-0.39, 0.29) is 0 Å². The topological polar surface area (TPSA) is 36.7 Å². The number of hydrogen-bond donors (Lipinski definition) is 0. The van der Waals surface area contributed by atoms with E-state index in [0.717, 1.165) is 76.5 Å². The van der Waals surface area contributed by atoms with Crippen molar-refractivity contribution in [1.29, 1.82) is 0 Å². The predicted molar refractivity (Wildman–Crippen MR) is 125 cm³/mol. The van der Waals surface area contributed by atoms with Crippen LogP contribution in [-0.4, -0.2) is 57.6 Å². The Balaban J connectivity index is 1.66. The molecule has 1 fully saturated rings. The smallest absolute Gasteiger partial charge is 0.0742 e. The van der Waals surface area contributed by atoms with Crippen molar-refractivity contribution >= 4 is 22.4 Å². The number of fused-ring (bicyclic) bond motifs is 1. The lowest BCUT2D eigenvalue weighted by atomic mass is 9.96. The molecule has 0 N–H and O–H groups in total. The summed E-state index contributed by atoms with van der Waals surface area (Å²) in [5, 5.41) is 4.42. The third-order valence-corrected chi connectivity index (χ3v) is 5.96. The first-order valence-corrected chi connectivity index (χ1v) is 10.3. The van der Waals surface area contributed by atoms with Gasteiger partial charge in [0.25, 0.3) is 0 Å². The zero-order valence-corrected chi connectivity index (χ0v) is 18.1. The summed E-state index contributed by atoms with van der Waals surface area (Å²) in [7, 11) is 2.16. The van der Waals surface area contributed by atoms with Crippen molar-refractivity contribution < 1.29 is 0 Å². The number of piperazine rings is 1.